The van der Waals surface area contributed by atoms with Crippen molar-refractivity contribution in [3.05, 3.63) is 101 Å². The Balaban J connectivity index is 1.70. The summed E-state index contributed by atoms with van der Waals surface area (Å²) in [6.07, 6.45) is 1.33. The molecule has 1 heterocycles. The van der Waals surface area contributed by atoms with E-state index in [4.69, 9.17) is 16.3 Å². The van der Waals surface area contributed by atoms with Gasteiger partial charge in [-0.05, 0) is 76.5 Å². The molecule has 188 valence electrons. The van der Waals surface area contributed by atoms with Crippen molar-refractivity contribution in [2.45, 2.75) is 13.5 Å². The highest BCUT2D eigenvalue weighted by molar-refractivity contribution is 9.11. The second-order valence-corrected chi connectivity index (χ2v) is 10.1. The van der Waals surface area contributed by atoms with Crippen molar-refractivity contribution in [2.75, 3.05) is 4.90 Å². The molecule has 37 heavy (non-hydrogen) atoms. The first kappa shape index (κ1) is 26.5. The smallest absolute Gasteiger partial charge is 0.335 e. The van der Waals surface area contributed by atoms with Gasteiger partial charge in [-0.25, -0.2) is 9.69 Å². The second kappa shape index (κ2) is 10.8. The SMILES string of the molecule is Cc1ccc(Cl)cc1N1C(=O)NC(=O)/C(=C\c2cc(Br)cc(Br)c2OCc2ccc([N+](=O)[O-])cc2)C1=O. The minimum atomic E-state index is -0.886. The fourth-order valence-electron chi connectivity index (χ4n) is 3.56. The average Bonchev–Trinajstić information content (AvgIpc) is 2.83. The Labute approximate surface area is 232 Å². The van der Waals surface area contributed by atoms with Gasteiger partial charge in [0.25, 0.3) is 17.5 Å². The molecule has 0 atom stereocenters. The number of benzene rings is 3. The maximum Gasteiger partial charge on any atom is 0.335 e. The number of ether oxygens (including phenoxy) is 1. The number of amides is 4. The van der Waals surface area contributed by atoms with E-state index >= 15 is 0 Å². The summed E-state index contributed by atoms with van der Waals surface area (Å²) in [6.45, 7) is 1.77. The number of carbonyl (C=O) groups is 3. The third kappa shape index (κ3) is 5.74. The lowest BCUT2D eigenvalue weighted by Gasteiger charge is -2.27. The number of carbonyl (C=O) groups excluding carboxylic acids is 3. The van der Waals surface area contributed by atoms with E-state index in [1.807, 2.05) is 0 Å². The molecule has 1 N–H and O–H groups in total. The number of hydrogen-bond donors (Lipinski definition) is 1. The lowest BCUT2D eigenvalue weighted by Crippen LogP contribution is -2.54. The number of nitro groups is 1. The quantitative estimate of drug-likeness (QED) is 0.144. The Hall–Kier alpha value is -3.54. The van der Waals surface area contributed by atoms with E-state index in [0.717, 1.165) is 4.90 Å². The normalized spacial score (nSPS) is 14.6. The zero-order chi connectivity index (χ0) is 26.9. The summed E-state index contributed by atoms with van der Waals surface area (Å²) in [4.78, 5) is 49.9. The topological polar surface area (TPSA) is 119 Å². The van der Waals surface area contributed by atoms with Gasteiger partial charge >= 0.3 is 6.03 Å². The number of non-ortho nitro benzene ring substituents is 1. The minimum absolute atomic E-state index is 0.0464. The predicted octanol–water partition coefficient (Wildman–Crippen LogP) is 6.33. The van der Waals surface area contributed by atoms with Gasteiger partial charge in [-0.15, -0.1) is 0 Å². The molecule has 1 aliphatic rings. The fraction of sp³-hybridized carbons (Fsp3) is 0.0800. The fourth-order valence-corrected chi connectivity index (χ4v) is 5.10. The van der Waals surface area contributed by atoms with Gasteiger partial charge in [0.2, 0.25) is 0 Å². The van der Waals surface area contributed by atoms with Crippen molar-refractivity contribution < 1.29 is 24.0 Å². The minimum Gasteiger partial charge on any atom is -0.487 e. The number of aryl methyl sites for hydroxylation is 1. The van der Waals surface area contributed by atoms with Crippen molar-refractivity contribution in [3.8, 4) is 5.75 Å². The van der Waals surface area contributed by atoms with Crippen molar-refractivity contribution >= 4 is 78.8 Å². The third-order valence-electron chi connectivity index (χ3n) is 5.38. The van der Waals surface area contributed by atoms with Crippen LogP contribution in [0.5, 0.6) is 5.75 Å². The predicted molar refractivity (Wildman–Crippen MR) is 144 cm³/mol. The molecule has 1 fully saturated rings. The summed E-state index contributed by atoms with van der Waals surface area (Å²) < 4.78 is 7.13. The maximum atomic E-state index is 13.4. The monoisotopic (exact) mass is 647 g/mol. The van der Waals surface area contributed by atoms with Gasteiger partial charge in [-0.1, -0.05) is 33.6 Å². The number of urea groups is 1. The molecule has 0 spiro atoms. The van der Waals surface area contributed by atoms with E-state index in [1.165, 1.54) is 24.3 Å². The molecule has 9 nitrogen and oxygen atoms in total. The largest absolute Gasteiger partial charge is 0.487 e. The van der Waals surface area contributed by atoms with E-state index < -0.39 is 22.8 Å². The summed E-state index contributed by atoms with van der Waals surface area (Å²) in [6, 6.07) is 13.1. The highest BCUT2D eigenvalue weighted by Crippen LogP contribution is 2.36. The number of rotatable bonds is 6. The van der Waals surface area contributed by atoms with Crippen LogP contribution in [0.4, 0.5) is 16.2 Å². The van der Waals surface area contributed by atoms with Crippen LogP contribution < -0.4 is 15.0 Å². The lowest BCUT2D eigenvalue weighted by atomic mass is 10.0. The molecule has 1 saturated heterocycles. The summed E-state index contributed by atoms with van der Waals surface area (Å²) in [7, 11) is 0. The number of nitrogens with zero attached hydrogens (tertiary/aromatic N) is 2. The Morgan fingerprint density at radius 3 is 2.46 bits per heavy atom. The second-order valence-electron chi connectivity index (χ2n) is 7.91. The van der Waals surface area contributed by atoms with Crippen molar-refractivity contribution in [2.24, 2.45) is 0 Å². The summed E-state index contributed by atoms with van der Waals surface area (Å²) in [5.41, 5.74) is 1.56. The Kier molecular flexibility index (Phi) is 7.76. The van der Waals surface area contributed by atoms with Crippen molar-refractivity contribution in [1.82, 2.24) is 5.32 Å². The van der Waals surface area contributed by atoms with Gasteiger partial charge in [-0.3, -0.25) is 25.0 Å². The van der Waals surface area contributed by atoms with Crippen LogP contribution >= 0.6 is 43.5 Å². The third-order valence-corrected chi connectivity index (χ3v) is 6.66. The lowest BCUT2D eigenvalue weighted by molar-refractivity contribution is -0.384. The molecule has 0 aliphatic carbocycles. The Bertz CT molecular complexity index is 1490. The Morgan fingerprint density at radius 1 is 1.08 bits per heavy atom. The standard InChI is InChI=1S/C25H16Br2ClN3O6/c1-13-2-5-17(28)11-21(13)30-24(33)19(23(32)29-25(30)34)9-15-8-16(26)10-20(27)22(15)37-12-14-3-6-18(7-4-14)31(35)36/h2-11H,12H2,1H3,(H,29,32,34)/b19-9+. The van der Waals surface area contributed by atoms with Crippen LogP contribution in [0, 0.1) is 17.0 Å². The van der Waals surface area contributed by atoms with Gasteiger partial charge in [0.1, 0.15) is 17.9 Å². The zero-order valence-electron chi connectivity index (χ0n) is 19.0. The molecule has 0 saturated carbocycles. The first-order valence-electron chi connectivity index (χ1n) is 10.6. The molecule has 0 aromatic heterocycles. The van der Waals surface area contributed by atoms with E-state index in [2.05, 4.69) is 37.2 Å². The zero-order valence-corrected chi connectivity index (χ0v) is 22.9. The van der Waals surface area contributed by atoms with Gasteiger partial charge < -0.3 is 4.74 Å². The van der Waals surface area contributed by atoms with Crippen LogP contribution in [-0.4, -0.2) is 22.8 Å². The van der Waals surface area contributed by atoms with E-state index in [-0.39, 0.29) is 23.6 Å². The molecule has 12 heteroatoms. The summed E-state index contributed by atoms with van der Waals surface area (Å²) in [5.74, 6) is -1.36. The van der Waals surface area contributed by atoms with Crippen LogP contribution in [0.1, 0.15) is 16.7 Å². The first-order valence-corrected chi connectivity index (χ1v) is 12.5. The van der Waals surface area contributed by atoms with Crippen LogP contribution in [0.15, 0.2) is 69.1 Å². The van der Waals surface area contributed by atoms with Crippen LogP contribution in [0.3, 0.4) is 0 Å². The molecule has 0 unspecified atom stereocenters. The van der Waals surface area contributed by atoms with Crippen molar-refractivity contribution in [3.63, 3.8) is 0 Å². The number of nitrogens with one attached hydrogen (secondary N) is 1. The van der Waals surface area contributed by atoms with Gasteiger partial charge in [0.15, 0.2) is 0 Å². The van der Waals surface area contributed by atoms with Gasteiger partial charge in [0, 0.05) is 27.2 Å². The van der Waals surface area contributed by atoms with Crippen molar-refractivity contribution in [1.29, 1.82) is 0 Å². The summed E-state index contributed by atoms with van der Waals surface area (Å²) in [5, 5.41) is 13.4. The summed E-state index contributed by atoms with van der Waals surface area (Å²) >= 11 is 12.9. The molecule has 3 aromatic rings. The van der Waals surface area contributed by atoms with Crippen LogP contribution in [0.2, 0.25) is 5.02 Å². The molecular formula is C25H16Br2ClN3O6. The molecule has 0 radical (unpaired) electrons. The molecular weight excluding hydrogens is 634 g/mol. The van der Waals surface area contributed by atoms with E-state index in [1.54, 1.807) is 43.3 Å². The highest BCUT2D eigenvalue weighted by atomic mass is 79.9. The van der Waals surface area contributed by atoms with E-state index in [9.17, 15) is 24.5 Å². The van der Waals surface area contributed by atoms with Gasteiger partial charge in [0.05, 0.1) is 15.1 Å². The molecule has 4 amide bonds. The van der Waals surface area contributed by atoms with Crippen LogP contribution in [0.25, 0.3) is 6.08 Å². The maximum absolute atomic E-state index is 13.4. The first-order chi connectivity index (χ1) is 17.5. The van der Waals surface area contributed by atoms with E-state index in [0.29, 0.717) is 36.4 Å². The number of imide groups is 2. The van der Waals surface area contributed by atoms with Gasteiger partial charge in [-0.2, -0.15) is 0 Å². The number of halogens is 3. The average molecular weight is 650 g/mol. The number of anilines is 1. The number of nitro benzene ring substituents is 1. The molecule has 4 rings (SSSR count). The Morgan fingerprint density at radius 2 is 1.78 bits per heavy atom. The van der Waals surface area contributed by atoms with Crippen LogP contribution in [-0.2, 0) is 16.2 Å². The molecule has 0 bridgehead atoms. The molecule has 3 aromatic carbocycles. The molecule has 1 aliphatic heterocycles. The number of hydrogen-bond acceptors (Lipinski definition) is 6. The number of barbiturate groups is 1. The highest BCUT2D eigenvalue weighted by Gasteiger charge is 2.37.